The number of nitrogens with zero attached hydrogens (tertiary/aromatic N) is 8. The normalized spacial score (nSPS) is 25.6. The molecule has 12 atom stereocenters. The Bertz CT molecular complexity index is 2630. The molecular formula is C67H117N11O14S. The van der Waals surface area contributed by atoms with Gasteiger partial charge in [0.1, 0.15) is 67.1 Å². The first kappa shape index (κ1) is 84.3. The van der Waals surface area contributed by atoms with Gasteiger partial charge in [0.05, 0.1) is 17.6 Å². The van der Waals surface area contributed by atoms with Crippen molar-refractivity contribution in [3.8, 4) is 0 Å². The van der Waals surface area contributed by atoms with Crippen molar-refractivity contribution in [2.75, 3.05) is 69.5 Å². The van der Waals surface area contributed by atoms with E-state index in [0.29, 0.717) is 0 Å². The number of nitrogens with one attached hydrogen (secondary N) is 3. The monoisotopic (exact) mass is 1330 g/mol. The summed E-state index contributed by atoms with van der Waals surface area (Å²) in [4.78, 5) is 185. The standard InChI is InChI=1S/C67H117N11O14S/c1-27-29-30-43(15)57(92-46(18)80)56-67(90)73(21)48(28-2)62(85)71(19)35-53(81)72(20)49(31-37(3)4)59(83)70-54(41(11)12)65(88)74(22)50(32-38(5)6)58(82)68-44(16)60(93)69-47(36-91-45(17)79)61(84)75(23)51(33-39(7)8)63(86)76(24)52(34-40(9)10)64(87)77(25)55(42(13)14)66(89)78(56)26/h27,29,37-44,47-52,54-57H,28,30-36H2,1-26H3,(H,68,82)(H,69,93)(H,70,83)/b29-27+/t43-,44+,47-,48+,49+,50+,51+,52+,54+,55+,56+,57-/m1/s1. The highest BCUT2D eigenvalue weighted by Gasteiger charge is 2.48. The largest absolute Gasteiger partial charge is 0.463 e. The average molecular weight is 1330 g/mol. The molecule has 0 radical (unpaired) electrons. The first-order valence-corrected chi connectivity index (χ1v) is 33.3. The van der Waals surface area contributed by atoms with Crippen molar-refractivity contribution in [1.29, 1.82) is 0 Å². The first-order valence-electron chi connectivity index (χ1n) is 32.9. The van der Waals surface area contributed by atoms with Crippen LogP contribution in [-0.2, 0) is 67.0 Å². The summed E-state index contributed by atoms with van der Waals surface area (Å²) >= 11 is 5.83. The number of carbonyl (C=O) groups is 12. The highest BCUT2D eigenvalue weighted by Crippen LogP contribution is 2.28. The van der Waals surface area contributed by atoms with E-state index in [1.807, 2.05) is 61.5 Å². The van der Waals surface area contributed by atoms with Gasteiger partial charge in [-0.1, -0.05) is 121 Å². The minimum absolute atomic E-state index is 0.0127. The summed E-state index contributed by atoms with van der Waals surface area (Å²) in [6.07, 6.45) is 3.08. The number of hydrogen-bond acceptors (Lipinski definition) is 15. The molecule has 26 heteroatoms. The molecule has 0 aromatic carbocycles. The number of carbonyl (C=O) groups excluding carboxylic acids is 12. The molecule has 1 saturated heterocycles. The van der Waals surface area contributed by atoms with Crippen LogP contribution in [0.1, 0.15) is 163 Å². The maximum absolute atomic E-state index is 15.6. The van der Waals surface area contributed by atoms with Gasteiger partial charge >= 0.3 is 11.9 Å². The lowest BCUT2D eigenvalue weighted by Gasteiger charge is -2.43. The van der Waals surface area contributed by atoms with Crippen molar-refractivity contribution < 1.29 is 67.0 Å². The Balaban J connectivity index is 4.61. The van der Waals surface area contributed by atoms with Crippen LogP contribution in [0, 0.1) is 41.4 Å². The van der Waals surface area contributed by atoms with Crippen molar-refractivity contribution in [3.05, 3.63) is 12.2 Å². The maximum atomic E-state index is 15.6. The zero-order chi connectivity index (χ0) is 72.1. The minimum atomic E-state index is -1.61. The molecule has 0 unspecified atom stereocenters. The van der Waals surface area contributed by atoms with E-state index in [1.54, 1.807) is 61.5 Å². The van der Waals surface area contributed by atoms with Crippen LogP contribution in [0.3, 0.4) is 0 Å². The molecule has 1 aliphatic rings. The summed E-state index contributed by atoms with van der Waals surface area (Å²) in [5.41, 5.74) is 0. The molecule has 10 amide bonds. The number of esters is 2. The van der Waals surface area contributed by atoms with Gasteiger partial charge in [-0.25, -0.2) is 0 Å². The van der Waals surface area contributed by atoms with E-state index in [-0.39, 0.29) is 67.2 Å². The molecule has 25 nitrogen and oxygen atoms in total. The zero-order valence-electron chi connectivity index (χ0n) is 60.9. The number of allylic oxidation sites excluding steroid dienone is 2. The Labute approximate surface area is 560 Å². The number of hydrogen-bond donors (Lipinski definition) is 3. The minimum Gasteiger partial charge on any atom is -0.463 e. The third-order valence-electron chi connectivity index (χ3n) is 17.1. The van der Waals surface area contributed by atoms with Crippen LogP contribution in [0.25, 0.3) is 0 Å². The van der Waals surface area contributed by atoms with E-state index in [4.69, 9.17) is 21.7 Å². The highest BCUT2D eigenvalue weighted by molar-refractivity contribution is 7.80. The summed E-state index contributed by atoms with van der Waals surface area (Å²) < 4.78 is 11.4. The SMILES string of the molecule is C/C=C/C[C@@H](C)[C@@H](OC(C)=O)[C@H]1C(=O)N(C)[C@@H](CC)C(=O)N(C)CC(=O)N(C)[C@@H](CC(C)C)C(=O)N[C@@H](C(C)C)C(=O)N(C)[C@@H](CC(C)C)C(=O)N[C@@H](C)C(=S)N[C@H](COC(C)=O)C(=O)N(C)[C@@H](CC(C)C)C(=O)N(C)[C@@H](CC(C)C)C(=O)N(C)[C@@H](C(C)C)C(=O)N1C. The number of thiocarbonyl (C=S) groups is 1. The number of likely N-dealkylation sites (N-methyl/N-ethyl adjacent to an activating group) is 8. The molecule has 0 spiro atoms. The Morgan fingerprint density at radius 1 is 0.516 bits per heavy atom. The fourth-order valence-electron chi connectivity index (χ4n) is 11.6. The van der Waals surface area contributed by atoms with E-state index in [2.05, 4.69) is 16.0 Å². The summed E-state index contributed by atoms with van der Waals surface area (Å²) in [6.45, 7) is 29.8. The van der Waals surface area contributed by atoms with Gasteiger partial charge in [-0.15, -0.1) is 0 Å². The molecule has 0 bridgehead atoms. The van der Waals surface area contributed by atoms with E-state index in [9.17, 15) is 38.4 Å². The topological polar surface area (TPSA) is 285 Å². The van der Waals surface area contributed by atoms with Crippen molar-refractivity contribution in [1.82, 2.24) is 55.1 Å². The van der Waals surface area contributed by atoms with Gasteiger partial charge in [-0.05, 0) is 93.8 Å². The summed E-state index contributed by atoms with van der Waals surface area (Å²) in [6, 6.07) is -12.6. The maximum Gasteiger partial charge on any atom is 0.303 e. The van der Waals surface area contributed by atoms with Gasteiger partial charge in [0, 0.05) is 70.2 Å². The van der Waals surface area contributed by atoms with E-state index < -0.39 is 168 Å². The first-order chi connectivity index (χ1) is 42.9. The molecule has 1 fully saturated rings. The molecular weight excluding hydrogens is 1210 g/mol. The van der Waals surface area contributed by atoms with Crippen LogP contribution < -0.4 is 16.0 Å². The fourth-order valence-corrected chi connectivity index (χ4v) is 11.8. The van der Waals surface area contributed by atoms with Gasteiger partial charge in [0.15, 0.2) is 0 Å². The molecule has 1 aliphatic heterocycles. The van der Waals surface area contributed by atoms with Crippen molar-refractivity contribution in [2.24, 2.45) is 41.4 Å². The summed E-state index contributed by atoms with van der Waals surface area (Å²) in [5.74, 6) is -10.8. The van der Waals surface area contributed by atoms with Crippen molar-refractivity contribution in [2.45, 2.75) is 230 Å². The second-order valence-corrected chi connectivity index (χ2v) is 28.2. The molecule has 0 saturated carbocycles. The lowest BCUT2D eigenvalue weighted by Crippen LogP contribution is -2.64. The van der Waals surface area contributed by atoms with Crippen LogP contribution in [0.4, 0.5) is 0 Å². The van der Waals surface area contributed by atoms with Gasteiger partial charge in [-0.2, -0.15) is 0 Å². The smallest absolute Gasteiger partial charge is 0.303 e. The average Bonchev–Trinajstić information content (AvgIpc) is 0.799. The Hall–Kier alpha value is -6.73. The quantitative estimate of drug-likeness (QED) is 0.0966. The van der Waals surface area contributed by atoms with Gasteiger partial charge in [0.2, 0.25) is 59.1 Å². The van der Waals surface area contributed by atoms with E-state index in [0.717, 1.165) is 21.6 Å². The fraction of sp³-hybridized carbons (Fsp3) is 0.776. The van der Waals surface area contributed by atoms with Gasteiger partial charge < -0.3 is 64.6 Å². The Morgan fingerprint density at radius 2 is 0.935 bits per heavy atom. The van der Waals surface area contributed by atoms with Crippen LogP contribution >= 0.6 is 12.2 Å². The van der Waals surface area contributed by atoms with Crippen LogP contribution in [-0.4, -0.2) is 251 Å². The zero-order valence-corrected chi connectivity index (χ0v) is 61.7. The van der Waals surface area contributed by atoms with Crippen molar-refractivity contribution >= 4 is 88.2 Å². The van der Waals surface area contributed by atoms with E-state index >= 15 is 19.2 Å². The van der Waals surface area contributed by atoms with Gasteiger partial charge in [-0.3, -0.25) is 57.5 Å². The third kappa shape index (κ3) is 24.2. The Morgan fingerprint density at radius 3 is 1.38 bits per heavy atom. The predicted octanol–water partition coefficient (Wildman–Crippen LogP) is 4.53. The summed E-state index contributed by atoms with van der Waals surface area (Å²) in [7, 11) is 11.3. The lowest BCUT2D eigenvalue weighted by atomic mass is 9.90. The second-order valence-electron chi connectivity index (χ2n) is 27.7. The second kappa shape index (κ2) is 38.6. The molecule has 0 aromatic heterocycles. The molecule has 3 N–H and O–H groups in total. The summed E-state index contributed by atoms with van der Waals surface area (Å²) in [5, 5.41) is 8.71. The molecule has 93 heavy (non-hydrogen) atoms. The van der Waals surface area contributed by atoms with E-state index in [1.165, 1.54) is 87.8 Å². The van der Waals surface area contributed by atoms with Crippen LogP contribution in [0.2, 0.25) is 0 Å². The number of amides is 10. The molecule has 1 rings (SSSR count). The molecule has 1 heterocycles. The van der Waals surface area contributed by atoms with Gasteiger partial charge in [0.25, 0.3) is 0 Å². The highest BCUT2D eigenvalue weighted by atomic mass is 32.1. The lowest BCUT2D eigenvalue weighted by molar-refractivity contribution is -0.167. The predicted molar refractivity (Wildman–Crippen MR) is 361 cm³/mol. The molecule has 0 aromatic rings. The molecule has 0 aliphatic carbocycles. The van der Waals surface area contributed by atoms with Crippen LogP contribution in [0.15, 0.2) is 12.2 Å². The molecule has 530 valence electrons. The van der Waals surface area contributed by atoms with Crippen LogP contribution in [0.5, 0.6) is 0 Å². The Kier molecular flexibility index (Phi) is 35.0. The van der Waals surface area contributed by atoms with Crippen molar-refractivity contribution in [3.63, 3.8) is 0 Å². The third-order valence-corrected chi connectivity index (χ3v) is 17.6. The number of ether oxygens (including phenoxy) is 2. The number of rotatable bonds is 18.